The van der Waals surface area contributed by atoms with E-state index < -0.39 is 0 Å². The second kappa shape index (κ2) is 5.10. The number of allylic oxidation sites excluding steroid dienone is 1. The molecular weight excluding hydrogens is 284 g/mol. The van der Waals surface area contributed by atoms with Gasteiger partial charge in [0.1, 0.15) is 6.10 Å². The van der Waals surface area contributed by atoms with E-state index in [1.807, 2.05) is 0 Å². The van der Waals surface area contributed by atoms with Gasteiger partial charge in [0.25, 0.3) is 0 Å². The maximum absolute atomic E-state index is 11.5. The molecule has 0 radical (unpaired) electrons. The Bertz CT molecular complexity index is 538. The molecule has 0 spiro atoms. The molecule has 0 aromatic carbocycles. The quantitative estimate of drug-likeness (QED) is 0.495. The summed E-state index contributed by atoms with van der Waals surface area (Å²) in [4.78, 5) is 11.5. The van der Waals surface area contributed by atoms with Crippen LogP contribution in [-0.2, 0) is 9.53 Å². The van der Waals surface area contributed by atoms with Crippen LogP contribution in [-0.4, -0.2) is 12.1 Å². The minimum atomic E-state index is -0.0956. The largest absolute Gasteiger partial charge is 0.462 e. The molecule has 128 valence electrons. The van der Waals surface area contributed by atoms with Crippen LogP contribution < -0.4 is 0 Å². The first kappa shape index (κ1) is 15.7. The lowest BCUT2D eigenvalue weighted by Crippen LogP contribution is -2.51. The third-order valence-corrected chi connectivity index (χ3v) is 8.45. The molecule has 4 rings (SSSR count). The number of carbonyl (C=O) groups excluding carboxylic acids is 1. The SMILES string of the molecule is C=C1C[C@@H]2CC[C@@H]3[C@H](CC[C@]4(C)[C@@H](OC(C)=O)CC[C@@H]34)[C@@]2(C)C1. The van der Waals surface area contributed by atoms with Crippen LogP contribution in [0.1, 0.15) is 72.1 Å². The Morgan fingerprint density at radius 1 is 1.09 bits per heavy atom. The number of esters is 1. The Labute approximate surface area is 141 Å². The second-order valence-electron chi connectivity index (χ2n) is 9.51. The molecule has 23 heavy (non-hydrogen) atoms. The molecule has 0 aliphatic heterocycles. The zero-order chi connectivity index (χ0) is 16.4. The first-order chi connectivity index (χ1) is 10.8. The fourth-order valence-corrected chi connectivity index (χ4v) is 7.45. The zero-order valence-corrected chi connectivity index (χ0v) is 15.1. The van der Waals surface area contributed by atoms with Gasteiger partial charge in [-0.25, -0.2) is 0 Å². The van der Waals surface area contributed by atoms with Crippen LogP contribution in [0, 0.1) is 34.5 Å². The van der Waals surface area contributed by atoms with Crippen molar-refractivity contribution in [3.8, 4) is 0 Å². The minimum Gasteiger partial charge on any atom is -0.462 e. The van der Waals surface area contributed by atoms with Gasteiger partial charge in [-0.1, -0.05) is 26.0 Å². The Balaban J connectivity index is 1.60. The highest BCUT2D eigenvalue weighted by atomic mass is 16.5. The third kappa shape index (κ3) is 2.16. The summed E-state index contributed by atoms with van der Waals surface area (Å²) in [5.41, 5.74) is 2.22. The van der Waals surface area contributed by atoms with Crippen LogP contribution in [0.5, 0.6) is 0 Å². The van der Waals surface area contributed by atoms with Crippen LogP contribution >= 0.6 is 0 Å². The molecule has 2 heteroatoms. The molecule has 7 atom stereocenters. The standard InChI is InChI=1S/C21H32O2/c1-13-11-15-5-6-16-17-7-8-19(23-14(2)22)20(17,3)10-9-18(16)21(15,4)12-13/h15-19H,1,5-12H2,2-4H3/t15-,16-,17-,18-,19-,20-,21-/m0/s1. The molecule has 0 aromatic heterocycles. The molecule has 0 bridgehead atoms. The van der Waals surface area contributed by atoms with Gasteiger partial charge in [-0.15, -0.1) is 0 Å². The van der Waals surface area contributed by atoms with Gasteiger partial charge in [0.2, 0.25) is 0 Å². The smallest absolute Gasteiger partial charge is 0.302 e. The summed E-state index contributed by atoms with van der Waals surface area (Å²) >= 11 is 0. The predicted octanol–water partition coefficient (Wildman–Crippen LogP) is 5.13. The normalized spacial score (nSPS) is 51.8. The van der Waals surface area contributed by atoms with Crippen molar-refractivity contribution in [1.82, 2.24) is 0 Å². The van der Waals surface area contributed by atoms with Gasteiger partial charge in [-0.05, 0) is 80.5 Å². The van der Waals surface area contributed by atoms with Gasteiger partial charge in [0.15, 0.2) is 0 Å². The van der Waals surface area contributed by atoms with Crippen LogP contribution in [0.3, 0.4) is 0 Å². The monoisotopic (exact) mass is 316 g/mol. The van der Waals surface area contributed by atoms with Crippen molar-refractivity contribution in [3.05, 3.63) is 12.2 Å². The van der Waals surface area contributed by atoms with Crippen molar-refractivity contribution in [2.75, 3.05) is 0 Å². The zero-order valence-electron chi connectivity index (χ0n) is 15.1. The van der Waals surface area contributed by atoms with E-state index in [9.17, 15) is 4.79 Å². The van der Waals surface area contributed by atoms with Crippen molar-refractivity contribution in [2.45, 2.75) is 78.2 Å². The first-order valence-corrected chi connectivity index (χ1v) is 9.68. The first-order valence-electron chi connectivity index (χ1n) is 9.68. The molecule has 4 fully saturated rings. The lowest BCUT2D eigenvalue weighted by Gasteiger charge is -2.57. The van der Waals surface area contributed by atoms with Gasteiger partial charge in [0, 0.05) is 12.3 Å². The van der Waals surface area contributed by atoms with Gasteiger partial charge in [-0.2, -0.15) is 0 Å². The highest BCUT2D eigenvalue weighted by Crippen LogP contribution is 2.67. The lowest BCUT2D eigenvalue weighted by molar-refractivity contribution is -0.159. The number of rotatable bonds is 1. The van der Waals surface area contributed by atoms with E-state index in [4.69, 9.17) is 4.74 Å². The van der Waals surface area contributed by atoms with Crippen molar-refractivity contribution in [3.63, 3.8) is 0 Å². The maximum atomic E-state index is 11.5. The Kier molecular flexibility index (Phi) is 3.49. The number of hydrogen-bond acceptors (Lipinski definition) is 2. The Morgan fingerprint density at radius 2 is 1.83 bits per heavy atom. The average molecular weight is 316 g/mol. The third-order valence-electron chi connectivity index (χ3n) is 8.45. The minimum absolute atomic E-state index is 0.0956. The summed E-state index contributed by atoms with van der Waals surface area (Å²) in [6.07, 6.45) is 10.4. The molecule has 0 amide bonds. The average Bonchev–Trinajstić information content (AvgIpc) is 2.94. The lowest BCUT2D eigenvalue weighted by atomic mass is 9.48. The highest BCUT2D eigenvalue weighted by Gasteiger charge is 2.61. The van der Waals surface area contributed by atoms with E-state index in [0.29, 0.717) is 5.41 Å². The van der Waals surface area contributed by atoms with Crippen molar-refractivity contribution >= 4 is 5.97 Å². The second-order valence-corrected chi connectivity index (χ2v) is 9.51. The molecule has 0 unspecified atom stereocenters. The van der Waals surface area contributed by atoms with E-state index in [2.05, 4.69) is 20.4 Å². The summed E-state index contributed by atoms with van der Waals surface area (Å²) in [7, 11) is 0. The molecule has 0 heterocycles. The number of hydrogen-bond donors (Lipinski definition) is 0. The van der Waals surface area contributed by atoms with Crippen LogP contribution in [0.25, 0.3) is 0 Å². The van der Waals surface area contributed by atoms with Crippen molar-refractivity contribution in [2.24, 2.45) is 34.5 Å². The Morgan fingerprint density at radius 3 is 2.57 bits per heavy atom. The van der Waals surface area contributed by atoms with Gasteiger partial charge in [-0.3, -0.25) is 4.79 Å². The molecule has 4 aliphatic rings. The molecule has 0 aromatic rings. The molecule has 4 aliphatic carbocycles. The molecule has 0 saturated heterocycles. The fourth-order valence-electron chi connectivity index (χ4n) is 7.45. The molecule has 0 N–H and O–H groups in total. The number of fused-ring (bicyclic) bond motifs is 5. The van der Waals surface area contributed by atoms with Gasteiger partial charge >= 0.3 is 5.97 Å². The molecular formula is C21H32O2. The highest BCUT2D eigenvalue weighted by molar-refractivity contribution is 5.66. The van der Waals surface area contributed by atoms with Crippen LogP contribution in [0.4, 0.5) is 0 Å². The summed E-state index contributed by atoms with van der Waals surface area (Å²) in [6, 6.07) is 0. The van der Waals surface area contributed by atoms with Crippen molar-refractivity contribution in [1.29, 1.82) is 0 Å². The van der Waals surface area contributed by atoms with Crippen LogP contribution in [0.2, 0.25) is 0 Å². The Hall–Kier alpha value is -0.790. The van der Waals surface area contributed by atoms with E-state index in [-0.39, 0.29) is 17.5 Å². The summed E-state index contributed by atoms with van der Waals surface area (Å²) < 4.78 is 5.74. The van der Waals surface area contributed by atoms with Crippen LogP contribution in [0.15, 0.2) is 12.2 Å². The van der Waals surface area contributed by atoms with E-state index in [1.165, 1.54) is 50.5 Å². The van der Waals surface area contributed by atoms with Gasteiger partial charge < -0.3 is 4.74 Å². The molecule has 2 nitrogen and oxygen atoms in total. The number of ether oxygens (including phenoxy) is 1. The van der Waals surface area contributed by atoms with E-state index in [1.54, 1.807) is 6.92 Å². The van der Waals surface area contributed by atoms with Crippen molar-refractivity contribution < 1.29 is 9.53 Å². The fraction of sp³-hybridized carbons (Fsp3) is 0.857. The topological polar surface area (TPSA) is 26.3 Å². The summed E-state index contributed by atoms with van der Waals surface area (Å²) in [6.45, 7) is 10.9. The van der Waals surface area contributed by atoms with E-state index in [0.717, 1.165) is 30.1 Å². The summed E-state index contributed by atoms with van der Waals surface area (Å²) in [5, 5.41) is 0. The maximum Gasteiger partial charge on any atom is 0.302 e. The molecule has 4 saturated carbocycles. The predicted molar refractivity (Wildman–Crippen MR) is 91.8 cm³/mol. The summed E-state index contributed by atoms with van der Waals surface area (Å²) in [5.74, 6) is 3.27. The van der Waals surface area contributed by atoms with Gasteiger partial charge in [0.05, 0.1) is 0 Å². The van der Waals surface area contributed by atoms with E-state index >= 15 is 0 Å². The number of carbonyl (C=O) groups is 1.